The molecule has 0 saturated carbocycles. The van der Waals surface area contributed by atoms with Gasteiger partial charge in [-0.25, -0.2) is 0 Å². The van der Waals surface area contributed by atoms with E-state index < -0.39 is 0 Å². The number of allylic oxidation sites excluding steroid dienone is 2. The number of hydrogen-bond acceptors (Lipinski definition) is 0. The zero-order chi connectivity index (χ0) is 5.82. The Kier molecular flexibility index (Phi) is 2.13. The van der Waals surface area contributed by atoms with Crippen LogP contribution in [-0.4, -0.2) is 0 Å². The molecule has 1 aliphatic carbocycles. The Morgan fingerprint density at radius 3 is 2.88 bits per heavy atom. The van der Waals surface area contributed by atoms with Crippen LogP contribution < -0.4 is 0 Å². The zero-order valence-electron chi connectivity index (χ0n) is 5.56. The molecular weight excluding hydrogens is 96.1 g/mol. The second-order valence-electron chi connectivity index (χ2n) is 2.53. The Morgan fingerprint density at radius 2 is 2.50 bits per heavy atom. The van der Waals surface area contributed by atoms with Crippen LogP contribution in [0.3, 0.4) is 0 Å². The van der Waals surface area contributed by atoms with Gasteiger partial charge in [0.25, 0.3) is 0 Å². The highest BCUT2D eigenvalue weighted by molar-refractivity contribution is 4.91. The summed E-state index contributed by atoms with van der Waals surface area (Å²) in [6.45, 7) is 2.26. The molecule has 1 atom stereocenters. The highest BCUT2D eigenvalue weighted by atomic mass is 14.1. The van der Waals surface area contributed by atoms with Crippen molar-refractivity contribution < 1.29 is 0 Å². The molecular formula is C8H14. The lowest BCUT2D eigenvalue weighted by Crippen LogP contribution is -1.97. The summed E-state index contributed by atoms with van der Waals surface area (Å²) in [6.07, 6.45) is 10.2. The fourth-order valence-corrected chi connectivity index (χ4v) is 1.22. The fourth-order valence-electron chi connectivity index (χ4n) is 1.22. The fraction of sp³-hybridized carbons (Fsp3) is 0.750. The Balaban J connectivity index is 2.32. The average Bonchev–Trinajstić information content (AvgIpc) is 1.90. The maximum Gasteiger partial charge on any atom is -0.0236 e. The topological polar surface area (TPSA) is 0 Å². The lowest BCUT2D eigenvalue weighted by atomic mass is 9.94. The van der Waals surface area contributed by atoms with Crippen molar-refractivity contribution in [3.05, 3.63) is 12.2 Å². The predicted molar refractivity (Wildman–Crippen MR) is 36.8 cm³/mol. The molecule has 0 bridgehead atoms. The van der Waals surface area contributed by atoms with Gasteiger partial charge >= 0.3 is 0 Å². The molecule has 46 valence electrons. The summed E-state index contributed by atoms with van der Waals surface area (Å²) in [6, 6.07) is 0. The predicted octanol–water partition coefficient (Wildman–Crippen LogP) is 2.75. The first kappa shape index (κ1) is 5.87. The smallest absolute Gasteiger partial charge is 0.0236 e. The van der Waals surface area contributed by atoms with E-state index >= 15 is 0 Å². The third-order valence-electron chi connectivity index (χ3n) is 1.88. The van der Waals surface area contributed by atoms with Crippen LogP contribution >= 0.6 is 0 Å². The molecule has 1 rings (SSSR count). The minimum absolute atomic E-state index is 0.906. The Morgan fingerprint density at radius 1 is 1.62 bits per heavy atom. The summed E-state index contributed by atoms with van der Waals surface area (Å²) < 4.78 is 0. The van der Waals surface area contributed by atoms with Gasteiger partial charge in [-0.2, -0.15) is 0 Å². The minimum Gasteiger partial charge on any atom is -0.0883 e. The first-order valence-corrected chi connectivity index (χ1v) is 3.60. The molecule has 0 heteroatoms. The summed E-state index contributed by atoms with van der Waals surface area (Å²) in [7, 11) is 0. The summed E-state index contributed by atoms with van der Waals surface area (Å²) in [4.78, 5) is 0. The van der Waals surface area contributed by atoms with Crippen molar-refractivity contribution in [3.63, 3.8) is 0 Å². The summed E-state index contributed by atoms with van der Waals surface area (Å²) in [5.41, 5.74) is 0. The Hall–Kier alpha value is -0.260. The third-order valence-corrected chi connectivity index (χ3v) is 1.88. The molecule has 0 heterocycles. The van der Waals surface area contributed by atoms with E-state index in [1.807, 2.05) is 0 Å². The van der Waals surface area contributed by atoms with Gasteiger partial charge in [0, 0.05) is 0 Å². The quantitative estimate of drug-likeness (QED) is 0.455. The van der Waals surface area contributed by atoms with Gasteiger partial charge in [-0.05, 0) is 31.6 Å². The first-order valence-electron chi connectivity index (χ1n) is 3.60. The molecule has 0 aromatic rings. The van der Waals surface area contributed by atoms with Gasteiger partial charge in [0.1, 0.15) is 0 Å². The van der Waals surface area contributed by atoms with Gasteiger partial charge in [0.2, 0.25) is 0 Å². The summed E-state index contributed by atoms with van der Waals surface area (Å²) in [5.74, 6) is 0.906. The first-order chi connectivity index (χ1) is 3.93. The molecule has 0 amide bonds. The van der Waals surface area contributed by atoms with Gasteiger partial charge in [0.05, 0.1) is 0 Å². The highest BCUT2D eigenvalue weighted by Gasteiger charge is 2.03. The molecule has 0 fully saturated rings. The van der Waals surface area contributed by atoms with Crippen LogP contribution in [0.5, 0.6) is 0 Å². The molecule has 8 heavy (non-hydrogen) atoms. The van der Waals surface area contributed by atoms with Crippen LogP contribution in [0.2, 0.25) is 0 Å². The van der Waals surface area contributed by atoms with E-state index in [-0.39, 0.29) is 0 Å². The van der Waals surface area contributed by atoms with Crippen molar-refractivity contribution >= 4 is 0 Å². The lowest BCUT2D eigenvalue weighted by molar-refractivity contribution is 0.527. The van der Waals surface area contributed by atoms with Crippen LogP contribution in [0.4, 0.5) is 0 Å². The van der Waals surface area contributed by atoms with Crippen molar-refractivity contribution in [1.82, 2.24) is 0 Å². The van der Waals surface area contributed by atoms with Crippen molar-refractivity contribution in [2.24, 2.45) is 5.92 Å². The van der Waals surface area contributed by atoms with E-state index in [0.717, 1.165) is 5.92 Å². The molecule has 0 spiro atoms. The van der Waals surface area contributed by atoms with Crippen molar-refractivity contribution in [2.45, 2.75) is 32.6 Å². The van der Waals surface area contributed by atoms with E-state index in [1.54, 1.807) is 0 Å². The van der Waals surface area contributed by atoms with E-state index in [0.29, 0.717) is 0 Å². The molecule has 1 unspecified atom stereocenters. The molecule has 0 saturated heterocycles. The van der Waals surface area contributed by atoms with Crippen LogP contribution in [-0.2, 0) is 0 Å². The largest absolute Gasteiger partial charge is 0.0883 e. The van der Waals surface area contributed by atoms with Crippen molar-refractivity contribution in [3.8, 4) is 0 Å². The van der Waals surface area contributed by atoms with Gasteiger partial charge in [0.15, 0.2) is 0 Å². The van der Waals surface area contributed by atoms with E-state index in [1.165, 1.54) is 25.7 Å². The summed E-state index contributed by atoms with van der Waals surface area (Å²) in [5, 5.41) is 0. The molecule has 0 nitrogen and oxygen atoms in total. The van der Waals surface area contributed by atoms with Crippen LogP contribution in [0, 0.1) is 5.92 Å². The molecule has 1 aliphatic rings. The average molecular weight is 110 g/mol. The van der Waals surface area contributed by atoms with E-state index in [4.69, 9.17) is 0 Å². The van der Waals surface area contributed by atoms with Crippen LogP contribution in [0.1, 0.15) is 32.6 Å². The monoisotopic (exact) mass is 110 g/mol. The van der Waals surface area contributed by atoms with E-state index in [9.17, 15) is 0 Å². The maximum absolute atomic E-state index is 2.36. The molecule has 0 aromatic heterocycles. The zero-order valence-corrected chi connectivity index (χ0v) is 5.56. The summed E-state index contributed by atoms with van der Waals surface area (Å²) >= 11 is 0. The third kappa shape index (κ3) is 1.36. The second-order valence-corrected chi connectivity index (χ2v) is 2.53. The molecule has 0 N–H and O–H groups in total. The molecule has 0 radical (unpaired) electrons. The van der Waals surface area contributed by atoms with Gasteiger partial charge < -0.3 is 0 Å². The van der Waals surface area contributed by atoms with Gasteiger partial charge in [-0.15, -0.1) is 0 Å². The van der Waals surface area contributed by atoms with E-state index in [2.05, 4.69) is 19.1 Å². The van der Waals surface area contributed by atoms with Crippen LogP contribution in [0.25, 0.3) is 0 Å². The number of hydrogen-bond donors (Lipinski definition) is 0. The minimum atomic E-state index is 0.906. The standard InChI is InChI=1S/C8H14/c1-2-8-6-4-3-5-7-8/h4,6,8H,2-3,5,7H2,1H3. The van der Waals surface area contributed by atoms with Crippen molar-refractivity contribution in [2.75, 3.05) is 0 Å². The lowest BCUT2D eigenvalue weighted by Gasteiger charge is -2.12. The second kappa shape index (κ2) is 2.91. The molecule has 0 aromatic carbocycles. The molecule has 0 aliphatic heterocycles. The normalized spacial score (nSPS) is 28.4. The maximum atomic E-state index is 2.36. The SMILES string of the molecule is CCC1C=CCCC1. The van der Waals surface area contributed by atoms with Crippen LogP contribution in [0.15, 0.2) is 12.2 Å². The van der Waals surface area contributed by atoms with Gasteiger partial charge in [-0.3, -0.25) is 0 Å². The Bertz CT molecular complexity index is 82.0. The Labute approximate surface area is 51.6 Å². The highest BCUT2D eigenvalue weighted by Crippen LogP contribution is 2.18. The van der Waals surface area contributed by atoms with Crippen molar-refractivity contribution in [1.29, 1.82) is 0 Å². The van der Waals surface area contributed by atoms with Gasteiger partial charge in [-0.1, -0.05) is 19.1 Å². The number of rotatable bonds is 1.